The number of aliphatic hydroxyl groups excluding tert-OH is 1. The third-order valence-corrected chi connectivity index (χ3v) is 7.90. The zero-order valence-electron chi connectivity index (χ0n) is 21.5. The molecule has 194 valence electrons. The van der Waals surface area contributed by atoms with E-state index in [1.54, 1.807) is 35.6 Å². The van der Waals surface area contributed by atoms with Crippen molar-refractivity contribution < 1.29 is 18.8 Å². The van der Waals surface area contributed by atoms with E-state index in [-0.39, 0.29) is 24.5 Å². The highest BCUT2D eigenvalue weighted by molar-refractivity contribution is 7.86. The number of benzene rings is 2. The highest BCUT2D eigenvalue weighted by Crippen LogP contribution is 2.31. The number of imidazole rings is 1. The largest absolute Gasteiger partial charge is 0.395 e. The number of aromatic nitrogens is 2. The highest BCUT2D eigenvalue weighted by atomic mass is 32.2. The maximum absolute atomic E-state index is 13.3. The van der Waals surface area contributed by atoms with Crippen LogP contribution in [-0.4, -0.2) is 58.2 Å². The van der Waals surface area contributed by atoms with E-state index in [9.17, 15) is 9.00 Å². The van der Waals surface area contributed by atoms with Gasteiger partial charge in [0.15, 0.2) is 11.0 Å². The van der Waals surface area contributed by atoms with Crippen LogP contribution in [0.25, 0.3) is 11.0 Å². The number of hydrogen-bond acceptors (Lipinski definition) is 5. The van der Waals surface area contributed by atoms with Crippen LogP contribution >= 0.6 is 0 Å². The number of nitrogens with zero attached hydrogens (tertiary/aromatic N) is 3. The molecule has 0 saturated carbocycles. The minimum atomic E-state index is -1.46. The highest BCUT2D eigenvalue weighted by Gasteiger charge is 2.26. The summed E-state index contributed by atoms with van der Waals surface area (Å²) in [5.41, 5.74) is 3.14. The molecule has 2 aromatic carbocycles. The summed E-state index contributed by atoms with van der Waals surface area (Å²) in [6, 6.07) is 12.7. The molecule has 1 fully saturated rings. The molecule has 1 unspecified atom stereocenters. The maximum Gasteiger partial charge on any atom is 0.251 e. The zero-order valence-corrected chi connectivity index (χ0v) is 22.3. The second-order valence-corrected chi connectivity index (χ2v) is 11.8. The van der Waals surface area contributed by atoms with Crippen molar-refractivity contribution in [2.45, 2.75) is 50.5 Å². The summed E-state index contributed by atoms with van der Waals surface area (Å²) in [5, 5.41) is 11.5. The Balaban J connectivity index is 1.58. The van der Waals surface area contributed by atoms with Crippen LogP contribution in [0.1, 0.15) is 49.8 Å². The van der Waals surface area contributed by atoms with E-state index in [0.717, 1.165) is 55.1 Å². The number of fused-ring (bicyclic) bond motifs is 1. The first kappa shape index (κ1) is 26.3. The van der Waals surface area contributed by atoms with E-state index >= 15 is 0 Å². The SMILES string of the molecule is CN(c1ccc2c(c1)nc(C(C)(C)C)n2CC1CCOCC1)S(=O)c1ccc(C(=O)NCCO)cc1. The molecule has 0 aliphatic carbocycles. The minimum Gasteiger partial charge on any atom is -0.395 e. The van der Waals surface area contributed by atoms with Crippen molar-refractivity contribution in [2.24, 2.45) is 5.92 Å². The average molecular weight is 513 g/mol. The molecule has 0 spiro atoms. The van der Waals surface area contributed by atoms with Gasteiger partial charge in [0.2, 0.25) is 0 Å². The average Bonchev–Trinajstić information content (AvgIpc) is 3.25. The summed E-state index contributed by atoms with van der Waals surface area (Å²) in [7, 11) is 0.337. The maximum atomic E-state index is 13.3. The van der Waals surface area contributed by atoms with E-state index in [1.165, 1.54) is 0 Å². The van der Waals surface area contributed by atoms with E-state index in [2.05, 4.69) is 36.7 Å². The number of ether oxygens (including phenoxy) is 1. The van der Waals surface area contributed by atoms with Crippen molar-refractivity contribution in [3.8, 4) is 0 Å². The third-order valence-electron chi connectivity index (χ3n) is 6.51. The molecule has 1 amide bonds. The number of hydrogen-bond donors (Lipinski definition) is 2. The van der Waals surface area contributed by atoms with Gasteiger partial charge < -0.3 is 19.7 Å². The van der Waals surface area contributed by atoms with Gasteiger partial charge in [0.05, 0.1) is 28.2 Å². The third kappa shape index (κ3) is 5.79. The topological polar surface area (TPSA) is 96.7 Å². The van der Waals surface area contributed by atoms with Crippen molar-refractivity contribution in [2.75, 3.05) is 37.7 Å². The zero-order chi connectivity index (χ0) is 25.9. The second kappa shape index (κ2) is 11.1. The van der Waals surface area contributed by atoms with Crippen molar-refractivity contribution in [3.63, 3.8) is 0 Å². The summed E-state index contributed by atoms with van der Waals surface area (Å²) >= 11 is 0. The molecule has 0 bridgehead atoms. The lowest BCUT2D eigenvalue weighted by molar-refractivity contribution is 0.0611. The molecule has 3 aromatic rings. The molecule has 8 nitrogen and oxygen atoms in total. The molecule has 36 heavy (non-hydrogen) atoms. The number of nitrogens with one attached hydrogen (secondary N) is 1. The molecule has 1 saturated heterocycles. The van der Waals surface area contributed by atoms with E-state index in [1.807, 2.05) is 12.1 Å². The first-order valence-corrected chi connectivity index (χ1v) is 13.5. The Labute approximate surface area is 215 Å². The number of amides is 1. The molecular weight excluding hydrogens is 476 g/mol. The Hall–Kier alpha value is -2.75. The molecule has 1 atom stereocenters. The van der Waals surface area contributed by atoms with Gasteiger partial charge in [-0.1, -0.05) is 20.8 Å². The van der Waals surface area contributed by atoms with Crippen LogP contribution < -0.4 is 9.62 Å². The number of rotatable bonds is 8. The van der Waals surface area contributed by atoms with Gasteiger partial charge in [-0.2, -0.15) is 0 Å². The van der Waals surface area contributed by atoms with Gasteiger partial charge in [-0.25, -0.2) is 9.19 Å². The first-order chi connectivity index (χ1) is 17.2. The Kier molecular flexibility index (Phi) is 8.12. The van der Waals surface area contributed by atoms with Crippen LogP contribution in [0.15, 0.2) is 47.4 Å². The summed E-state index contributed by atoms with van der Waals surface area (Å²) < 4.78 is 22.9. The second-order valence-electron chi connectivity index (χ2n) is 10.3. The lowest BCUT2D eigenvalue weighted by Gasteiger charge is -2.26. The molecule has 4 rings (SSSR count). The van der Waals surface area contributed by atoms with E-state index < -0.39 is 11.0 Å². The van der Waals surface area contributed by atoms with E-state index in [4.69, 9.17) is 14.8 Å². The fourth-order valence-electron chi connectivity index (χ4n) is 4.51. The standard InChI is InChI=1S/C27H36N4O4S/c1-27(2,3)26-29-23-17-21(7-10-24(23)31(26)18-19-11-15-35-16-12-19)30(4)36(34)22-8-5-20(6-9-22)25(33)28-13-14-32/h5-10,17,19,32H,11-16,18H2,1-4H3,(H,28,33). The van der Waals surface area contributed by atoms with Gasteiger partial charge in [-0.15, -0.1) is 0 Å². The normalized spacial score (nSPS) is 15.7. The van der Waals surface area contributed by atoms with Gasteiger partial charge in [0.1, 0.15) is 5.82 Å². The Morgan fingerprint density at radius 3 is 2.53 bits per heavy atom. The monoisotopic (exact) mass is 512 g/mol. The molecular formula is C27H36N4O4S. The number of carbonyl (C=O) groups excluding carboxylic acids is 1. The Morgan fingerprint density at radius 2 is 1.89 bits per heavy atom. The first-order valence-electron chi connectivity index (χ1n) is 12.4. The number of aliphatic hydroxyl groups is 1. The minimum absolute atomic E-state index is 0.107. The van der Waals surface area contributed by atoms with Crippen LogP contribution in [0.3, 0.4) is 0 Å². The Morgan fingerprint density at radius 1 is 1.19 bits per heavy atom. The number of carbonyl (C=O) groups is 1. The van der Waals surface area contributed by atoms with Gasteiger partial charge in [0.25, 0.3) is 5.91 Å². The fourth-order valence-corrected chi connectivity index (χ4v) is 5.50. The van der Waals surface area contributed by atoms with Crippen molar-refractivity contribution >= 4 is 33.6 Å². The molecule has 1 aromatic heterocycles. The lowest BCUT2D eigenvalue weighted by atomic mass is 9.94. The van der Waals surface area contributed by atoms with Gasteiger partial charge in [-0.05, 0) is 61.2 Å². The van der Waals surface area contributed by atoms with Crippen LogP contribution in [0, 0.1) is 5.92 Å². The van der Waals surface area contributed by atoms with Crippen molar-refractivity contribution in [3.05, 3.63) is 53.9 Å². The molecule has 1 aliphatic heterocycles. The molecule has 9 heteroatoms. The Bertz CT molecular complexity index is 1230. The predicted molar refractivity (Wildman–Crippen MR) is 143 cm³/mol. The van der Waals surface area contributed by atoms with Crippen molar-refractivity contribution in [1.29, 1.82) is 0 Å². The lowest BCUT2D eigenvalue weighted by Crippen LogP contribution is -2.26. The quantitative estimate of drug-likeness (QED) is 0.480. The van der Waals surface area contributed by atoms with Gasteiger partial charge in [-0.3, -0.25) is 9.10 Å². The summed E-state index contributed by atoms with van der Waals surface area (Å²) in [6.45, 7) is 9.19. The van der Waals surface area contributed by atoms with Crippen LogP contribution in [0.4, 0.5) is 5.69 Å². The van der Waals surface area contributed by atoms with Gasteiger partial charge >= 0.3 is 0 Å². The smallest absolute Gasteiger partial charge is 0.251 e. The molecule has 2 heterocycles. The molecule has 0 radical (unpaired) electrons. The molecule has 2 N–H and O–H groups in total. The number of anilines is 1. The summed E-state index contributed by atoms with van der Waals surface area (Å²) in [6.07, 6.45) is 2.12. The summed E-state index contributed by atoms with van der Waals surface area (Å²) in [4.78, 5) is 17.7. The molecule has 1 aliphatic rings. The van der Waals surface area contributed by atoms with Crippen LogP contribution in [0.5, 0.6) is 0 Å². The van der Waals surface area contributed by atoms with Gasteiger partial charge in [0, 0.05) is 44.3 Å². The van der Waals surface area contributed by atoms with Crippen molar-refractivity contribution in [1.82, 2.24) is 14.9 Å². The van der Waals surface area contributed by atoms with Crippen LogP contribution in [0.2, 0.25) is 0 Å². The van der Waals surface area contributed by atoms with E-state index in [0.29, 0.717) is 16.4 Å². The fraction of sp³-hybridized carbons (Fsp3) is 0.481. The predicted octanol–water partition coefficient (Wildman–Crippen LogP) is 3.64. The van der Waals surface area contributed by atoms with Crippen LogP contribution in [-0.2, 0) is 27.7 Å². The summed E-state index contributed by atoms with van der Waals surface area (Å²) in [5.74, 6) is 1.35.